The maximum Gasteiger partial charge on any atom is 0.265 e. The van der Waals surface area contributed by atoms with E-state index in [1.54, 1.807) is 4.57 Å². The molecule has 0 radical (unpaired) electrons. The van der Waals surface area contributed by atoms with Gasteiger partial charge < -0.3 is 5.32 Å². The predicted octanol–water partition coefficient (Wildman–Crippen LogP) is 5.84. The molecule has 0 spiro atoms. The van der Waals surface area contributed by atoms with Crippen LogP contribution >= 0.6 is 11.8 Å². The Morgan fingerprint density at radius 2 is 1.54 bits per heavy atom. The Hall–Kier alpha value is -4.41. The number of benzene rings is 3. The number of hydrogen-bond acceptors (Lipinski definition) is 6. The summed E-state index contributed by atoms with van der Waals surface area (Å²) in [5.41, 5.74) is 3.46. The van der Waals surface area contributed by atoms with Crippen molar-refractivity contribution in [3.05, 3.63) is 112 Å². The number of para-hydroxylation sites is 1. The molecule has 5 rings (SSSR count). The van der Waals surface area contributed by atoms with Gasteiger partial charge in [0.15, 0.2) is 0 Å². The smallest absolute Gasteiger partial charge is 0.265 e. The van der Waals surface area contributed by atoms with Gasteiger partial charge in [-0.3, -0.25) is 9.36 Å². The molecule has 0 aliphatic rings. The van der Waals surface area contributed by atoms with Crippen molar-refractivity contribution in [2.24, 2.45) is 0 Å². The van der Waals surface area contributed by atoms with Crippen LogP contribution in [0.4, 0.5) is 11.6 Å². The highest BCUT2D eigenvalue weighted by Gasteiger charge is 2.22. The summed E-state index contributed by atoms with van der Waals surface area (Å²) in [6, 6.07) is 31.1. The molecule has 7 heteroatoms. The van der Waals surface area contributed by atoms with Gasteiger partial charge in [-0.15, -0.1) is 11.8 Å². The molecule has 2 aromatic heterocycles. The van der Waals surface area contributed by atoms with Crippen LogP contribution in [-0.4, -0.2) is 20.8 Å². The second-order valence-corrected chi connectivity index (χ2v) is 8.64. The first kappa shape index (κ1) is 22.4. The summed E-state index contributed by atoms with van der Waals surface area (Å²) in [6.45, 7) is 0.318. The monoisotopic (exact) mass is 475 g/mol. The van der Waals surface area contributed by atoms with Gasteiger partial charge in [0.2, 0.25) is 5.95 Å². The number of nitrogens with zero attached hydrogens (tertiary/aromatic N) is 4. The van der Waals surface area contributed by atoms with Crippen molar-refractivity contribution in [1.29, 1.82) is 5.26 Å². The summed E-state index contributed by atoms with van der Waals surface area (Å²) in [7, 11) is 0. The highest BCUT2D eigenvalue weighted by molar-refractivity contribution is 7.98. The molecule has 0 fully saturated rings. The molecule has 2 heterocycles. The topological polar surface area (TPSA) is 83.6 Å². The van der Waals surface area contributed by atoms with Crippen LogP contribution in [-0.2, 0) is 6.54 Å². The van der Waals surface area contributed by atoms with Gasteiger partial charge in [-0.2, -0.15) is 5.26 Å². The molecule has 0 saturated carbocycles. The molecule has 0 atom stereocenters. The van der Waals surface area contributed by atoms with E-state index < -0.39 is 0 Å². The molecule has 3 aromatic carbocycles. The normalized spacial score (nSPS) is 10.7. The third kappa shape index (κ3) is 4.39. The van der Waals surface area contributed by atoms with E-state index in [0.717, 1.165) is 16.8 Å². The summed E-state index contributed by atoms with van der Waals surface area (Å²) in [5, 5.41) is 14.2. The molecule has 0 saturated heterocycles. The summed E-state index contributed by atoms with van der Waals surface area (Å²) < 4.78 is 1.61. The first-order valence-electron chi connectivity index (χ1n) is 11.0. The van der Waals surface area contributed by atoms with Crippen molar-refractivity contribution in [2.75, 3.05) is 11.6 Å². The summed E-state index contributed by atoms with van der Waals surface area (Å²) in [5.74, 6) is 0.367. The van der Waals surface area contributed by atoms with Gasteiger partial charge in [0.05, 0.1) is 17.6 Å². The van der Waals surface area contributed by atoms with Gasteiger partial charge >= 0.3 is 0 Å². The van der Waals surface area contributed by atoms with Crippen LogP contribution in [0.3, 0.4) is 0 Å². The first-order valence-corrected chi connectivity index (χ1v) is 12.3. The van der Waals surface area contributed by atoms with Crippen molar-refractivity contribution < 1.29 is 0 Å². The fourth-order valence-corrected chi connectivity index (χ4v) is 4.50. The predicted molar refractivity (Wildman–Crippen MR) is 141 cm³/mol. The van der Waals surface area contributed by atoms with E-state index in [-0.39, 0.29) is 5.56 Å². The third-order valence-corrected chi connectivity index (χ3v) is 6.32. The molecule has 6 nitrogen and oxygen atoms in total. The zero-order valence-corrected chi connectivity index (χ0v) is 19.8. The van der Waals surface area contributed by atoms with Crippen LogP contribution in [0.2, 0.25) is 0 Å². The van der Waals surface area contributed by atoms with E-state index in [4.69, 9.17) is 9.97 Å². The van der Waals surface area contributed by atoms with Crippen LogP contribution in [0.15, 0.2) is 101 Å². The molecule has 0 amide bonds. The lowest BCUT2D eigenvalue weighted by molar-refractivity contribution is 0.760. The van der Waals surface area contributed by atoms with Crippen molar-refractivity contribution in [3.63, 3.8) is 0 Å². The molecular formula is C28H21N5OS. The van der Waals surface area contributed by atoms with E-state index in [2.05, 4.69) is 11.4 Å². The van der Waals surface area contributed by atoms with Gasteiger partial charge in [-0.1, -0.05) is 78.9 Å². The fraction of sp³-hybridized carbons (Fsp3) is 0.0714. The minimum atomic E-state index is -0.257. The van der Waals surface area contributed by atoms with Crippen LogP contribution in [0, 0.1) is 11.3 Å². The van der Waals surface area contributed by atoms with E-state index in [0.29, 0.717) is 39.7 Å². The Morgan fingerprint density at radius 3 is 2.17 bits per heavy atom. The standard InChI is InChI=1S/C28H21N5OS/c1-35-26-22(17-29)25-23(24(31-26)20-13-7-3-8-14-20)27(34)33(18-19-11-5-2-6-12-19)28(32-25)30-21-15-9-4-10-16-21/h2-16H,18H2,1H3,(H,30,32). The van der Waals surface area contributed by atoms with E-state index in [1.807, 2.05) is 97.3 Å². The Bertz CT molecular complexity index is 1590. The van der Waals surface area contributed by atoms with E-state index >= 15 is 0 Å². The van der Waals surface area contributed by atoms with Crippen molar-refractivity contribution in [2.45, 2.75) is 11.6 Å². The summed E-state index contributed by atoms with van der Waals surface area (Å²) in [6.07, 6.45) is 1.86. The molecule has 0 aliphatic heterocycles. The molecule has 5 aromatic rings. The molecule has 0 aliphatic carbocycles. The number of rotatable bonds is 6. The van der Waals surface area contributed by atoms with Crippen molar-refractivity contribution in [1.82, 2.24) is 14.5 Å². The van der Waals surface area contributed by atoms with Gasteiger partial charge in [0.1, 0.15) is 22.2 Å². The zero-order valence-electron chi connectivity index (χ0n) is 19.0. The van der Waals surface area contributed by atoms with E-state index in [9.17, 15) is 10.1 Å². The van der Waals surface area contributed by atoms with Gasteiger partial charge in [-0.25, -0.2) is 9.97 Å². The van der Waals surface area contributed by atoms with Gasteiger partial charge in [0.25, 0.3) is 5.56 Å². The molecule has 170 valence electrons. The Labute approximate surface area is 206 Å². The Kier molecular flexibility index (Phi) is 6.29. The van der Waals surface area contributed by atoms with Crippen molar-refractivity contribution >= 4 is 34.3 Å². The Morgan fingerprint density at radius 1 is 0.914 bits per heavy atom. The molecule has 0 unspecified atom stereocenters. The SMILES string of the molecule is CSc1nc(-c2ccccc2)c2c(=O)n(Cc3ccccc3)c(Nc3ccccc3)nc2c1C#N. The lowest BCUT2D eigenvalue weighted by Crippen LogP contribution is -2.26. The Balaban J connectivity index is 1.85. The van der Waals surface area contributed by atoms with Crippen LogP contribution in [0.5, 0.6) is 0 Å². The van der Waals surface area contributed by atoms with Crippen LogP contribution in [0.1, 0.15) is 11.1 Å². The second kappa shape index (κ2) is 9.84. The average molecular weight is 476 g/mol. The average Bonchev–Trinajstić information content (AvgIpc) is 2.91. The maximum absolute atomic E-state index is 14.1. The highest BCUT2D eigenvalue weighted by atomic mass is 32.2. The molecule has 1 N–H and O–H groups in total. The number of thioether (sulfide) groups is 1. The highest BCUT2D eigenvalue weighted by Crippen LogP contribution is 2.32. The maximum atomic E-state index is 14.1. The number of nitriles is 1. The minimum absolute atomic E-state index is 0.257. The van der Waals surface area contributed by atoms with E-state index in [1.165, 1.54) is 11.8 Å². The number of nitrogens with one attached hydrogen (secondary N) is 1. The fourth-order valence-electron chi connectivity index (χ4n) is 3.98. The number of hydrogen-bond donors (Lipinski definition) is 1. The number of pyridine rings is 1. The van der Waals surface area contributed by atoms with Crippen LogP contribution < -0.4 is 10.9 Å². The second-order valence-electron chi connectivity index (χ2n) is 7.85. The van der Waals surface area contributed by atoms with Crippen LogP contribution in [0.25, 0.3) is 22.2 Å². The summed E-state index contributed by atoms with van der Waals surface area (Å²) >= 11 is 1.36. The first-order chi connectivity index (χ1) is 17.2. The quantitative estimate of drug-likeness (QED) is 0.311. The zero-order chi connectivity index (χ0) is 24.2. The number of aromatic nitrogens is 3. The molecular weight excluding hydrogens is 454 g/mol. The molecule has 0 bridgehead atoms. The molecule has 35 heavy (non-hydrogen) atoms. The lowest BCUT2D eigenvalue weighted by atomic mass is 10.1. The largest absolute Gasteiger partial charge is 0.326 e. The third-order valence-electron chi connectivity index (χ3n) is 5.64. The summed E-state index contributed by atoms with van der Waals surface area (Å²) in [4.78, 5) is 23.8. The van der Waals surface area contributed by atoms with Gasteiger partial charge in [-0.05, 0) is 24.0 Å². The number of fused-ring (bicyclic) bond motifs is 1. The minimum Gasteiger partial charge on any atom is -0.326 e. The lowest BCUT2D eigenvalue weighted by Gasteiger charge is -2.17. The van der Waals surface area contributed by atoms with Crippen molar-refractivity contribution in [3.8, 4) is 17.3 Å². The van der Waals surface area contributed by atoms with Gasteiger partial charge in [0, 0.05) is 11.3 Å². The number of anilines is 2.